The van der Waals surface area contributed by atoms with Crippen molar-refractivity contribution < 1.29 is 19.4 Å². The fourth-order valence-corrected chi connectivity index (χ4v) is 5.68. The van der Waals surface area contributed by atoms with Crippen molar-refractivity contribution in [1.29, 1.82) is 0 Å². The molecule has 5 rings (SSSR count). The molecule has 1 heterocycles. The predicted molar refractivity (Wildman–Crippen MR) is 150 cm³/mol. The first kappa shape index (κ1) is 26.0. The van der Waals surface area contributed by atoms with Gasteiger partial charge in [-0.05, 0) is 60.5 Å². The molecule has 2 aliphatic rings. The summed E-state index contributed by atoms with van der Waals surface area (Å²) in [6.07, 6.45) is 8.38. The van der Waals surface area contributed by atoms with Crippen molar-refractivity contribution in [1.82, 2.24) is 10.2 Å². The molecule has 1 saturated heterocycles. The predicted octanol–water partition coefficient (Wildman–Crippen LogP) is 5.77. The molecule has 2 N–H and O–H groups in total. The van der Waals surface area contributed by atoms with Crippen LogP contribution in [0.15, 0.2) is 72.3 Å². The van der Waals surface area contributed by atoms with Crippen LogP contribution in [-0.4, -0.2) is 54.2 Å². The standard InChI is InChI=1S/C32H36N2O4/c35-31(26-8-2-1-3-9-26)34(28-17-18-33-20-28)21-24(19-23-13-15-27(16-14-23)32(36)37)22-38-30-12-6-10-25-7-4-5-11-29(25)30/h4-7,10-16,19,26,28,33H,1-3,8-9,17-18,20-22H2,(H,36,37). The highest BCUT2D eigenvalue weighted by atomic mass is 16.5. The van der Waals surface area contributed by atoms with Crippen molar-refractivity contribution in [3.63, 3.8) is 0 Å². The van der Waals surface area contributed by atoms with Gasteiger partial charge in [0.05, 0.1) is 5.56 Å². The Bertz CT molecular complexity index is 1280. The Morgan fingerprint density at radius 3 is 2.45 bits per heavy atom. The third kappa shape index (κ3) is 6.25. The van der Waals surface area contributed by atoms with E-state index in [1.165, 1.54) is 6.42 Å². The third-order valence-electron chi connectivity index (χ3n) is 7.78. The number of carboxylic acid groups (broad SMARTS) is 1. The van der Waals surface area contributed by atoms with Gasteiger partial charge < -0.3 is 20.1 Å². The highest BCUT2D eigenvalue weighted by Crippen LogP contribution is 2.29. The van der Waals surface area contributed by atoms with Gasteiger partial charge in [-0.15, -0.1) is 0 Å². The van der Waals surface area contributed by atoms with E-state index in [0.717, 1.165) is 72.9 Å². The van der Waals surface area contributed by atoms with Crippen molar-refractivity contribution >= 4 is 28.7 Å². The molecule has 0 radical (unpaired) electrons. The monoisotopic (exact) mass is 512 g/mol. The summed E-state index contributed by atoms with van der Waals surface area (Å²) in [7, 11) is 0. The van der Waals surface area contributed by atoms with Gasteiger partial charge in [-0.2, -0.15) is 0 Å². The Morgan fingerprint density at radius 2 is 1.71 bits per heavy atom. The van der Waals surface area contributed by atoms with Crippen LogP contribution < -0.4 is 10.1 Å². The minimum Gasteiger partial charge on any atom is -0.489 e. The summed E-state index contributed by atoms with van der Waals surface area (Å²) in [5.41, 5.74) is 2.13. The first-order valence-electron chi connectivity index (χ1n) is 13.7. The smallest absolute Gasteiger partial charge is 0.335 e. The molecule has 0 bridgehead atoms. The Hall–Kier alpha value is -3.64. The molecule has 1 aliphatic carbocycles. The van der Waals surface area contributed by atoms with E-state index >= 15 is 0 Å². The second-order valence-electron chi connectivity index (χ2n) is 10.4. The zero-order chi connectivity index (χ0) is 26.3. The maximum Gasteiger partial charge on any atom is 0.335 e. The molecule has 1 aliphatic heterocycles. The molecule has 1 amide bonds. The van der Waals surface area contributed by atoms with Crippen LogP contribution in [0.25, 0.3) is 16.8 Å². The Morgan fingerprint density at radius 1 is 0.947 bits per heavy atom. The van der Waals surface area contributed by atoms with Crippen LogP contribution in [0, 0.1) is 5.92 Å². The molecule has 3 aromatic carbocycles. The molecule has 0 aromatic heterocycles. The van der Waals surface area contributed by atoms with Gasteiger partial charge in [0.15, 0.2) is 0 Å². The van der Waals surface area contributed by atoms with Crippen LogP contribution in [0.1, 0.15) is 54.4 Å². The number of nitrogens with zero attached hydrogens (tertiary/aromatic N) is 1. The van der Waals surface area contributed by atoms with Gasteiger partial charge in [-0.1, -0.05) is 73.9 Å². The summed E-state index contributed by atoms with van der Waals surface area (Å²) < 4.78 is 6.39. The zero-order valence-electron chi connectivity index (χ0n) is 21.8. The Kier molecular flexibility index (Phi) is 8.39. The van der Waals surface area contributed by atoms with Crippen LogP contribution >= 0.6 is 0 Å². The van der Waals surface area contributed by atoms with Crippen molar-refractivity contribution in [3.05, 3.63) is 83.4 Å². The molecule has 1 unspecified atom stereocenters. The topological polar surface area (TPSA) is 78.9 Å². The number of carboxylic acids is 1. The third-order valence-corrected chi connectivity index (χ3v) is 7.78. The molecule has 1 saturated carbocycles. The average Bonchev–Trinajstić information content (AvgIpc) is 3.49. The van der Waals surface area contributed by atoms with E-state index in [1.807, 2.05) is 42.5 Å². The summed E-state index contributed by atoms with van der Waals surface area (Å²) in [6, 6.07) is 21.2. The van der Waals surface area contributed by atoms with E-state index in [4.69, 9.17) is 4.74 Å². The molecule has 38 heavy (non-hydrogen) atoms. The lowest BCUT2D eigenvalue weighted by molar-refractivity contribution is -0.138. The number of hydrogen-bond acceptors (Lipinski definition) is 4. The van der Waals surface area contributed by atoms with Crippen molar-refractivity contribution in [2.45, 2.75) is 44.6 Å². The van der Waals surface area contributed by atoms with Crippen LogP contribution in [0.5, 0.6) is 5.75 Å². The highest BCUT2D eigenvalue weighted by Gasteiger charge is 2.32. The van der Waals surface area contributed by atoms with E-state index in [1.54, 1.807) is 12.1 Å². The lowest BCUT2D eigenvalue weighted by atomic mass is 9.87. The van der Waals surface area contributed by atoms with Crippen LogP contribution in [0.4, 0.5) is 0 Å². The number of aromatic carboxylic acids is 1. The Labute approximate surface area is 224 Å². The summed E-state index contributed by atoms with van der Waals surface area (Å²) in [5, 5.41) is 14.9. The lowest BCUT2D eigenvalue weighted by Crippen LogP contribution is -2.46. The molecule has 6 nitrogen and oxygen atoms in total. The Balaban J connectivity index is 1.43. The normalized spacial score (nSPS) is 18.4. The second kappa shape index (κ2) is 12.3. The highest BCUT2D eigenvalue weighted by molar-refractivity contribution is 5.88. The lowest BCUT2D eigenvalue weighted by Gasteiger charge is -2.34. The van der Waals surface area contributed by atoms with Gasteiger partial charge in [0.2, 0.25) is 5.91 Å². The summed E-state index contributed by atoms with van der Waals surface area (Å²) in [5.74, 6) is 0.219. The fourth-order valence-electron chi connectivity index (χ4n) is 5.68. The number of benzene rings is 3. The van der Waals surface area contributed by atoms with E-state index in [9.17, 15) is 14.7 Å². The van der Waals surface area contributed by atoms with Crippen molar-refractivity contribution in [2.75, 3.05) is 26.2 Å². The number of carbonyl (C=O) groups excluding carboxylic acids is 1. The molecule has 1 atom stereocenters. The minimum absolute atomic E-state index is 0.0967. The molecule has 3 aromatic rings. The van der Waals surface area contributed by atoms with Gasteiger partial charge >= 0.3 is 5.97 Å². The maximum atomic E-state index is 13.8. The van der Waals surface area contributed by atoms with Gasteiger partial charge in [0, 0.05) is 30.4 Å². The van der Waals surface area contributed by atoms with Crippen LogP contribution in [0.3, 0.4) is 0 Å². The number of ether oxygens (including phenoxy) is 1. The largest absolute Gasteiger partial charge is 0.489 e. The number of nitrogens with one attached hydrogen (secondary N) is 1. The quantitative estimate of drug-likeness (QED) is 0.381. The summed E-state index contributed by atoms with van der Waals surface area (Å²) in [6.45, 7) is 2.56. The average molecular weight is 513 g/mol. The van der Waals surface area contributed by atoms with E-state index in [-0.39, 0.29) is 23.4 Å². The molecule has 198 valence electrons. The number of rotatable bonds is 9. The number of fused-ring (bicyclic) bond motifs is 1. The van der Waals surface area contributed by atoms with Gasteiger partial charge in [0.1, 0.15) is 12.4 Å². The number of hydrogen-bond donors (Lipinski definition) is 2. The van der Waals surface area contributed by atoms with Crippen LogP contribution in [0.2, 0.25) is 0 Å². The molecular weight excluding hydrogens is 476 g/mol. The summed E-state index contributed by atoms with van der Waals surface area (Å²) in [4.78, 5) is 27.2. The van der Waals surface area contributed by atoms with Gasteiger partial charge in [-0.25, -0.2) is 4.79 Å². The zero-order valence-corrected chi connectivity index (χ0v) is 21.8. The maximum absolute atomic E-state index is 13.8. The SMILES string of the molecule is O=C(O)c1ccc(C=C(COc2cccc3ccccc23)CN(C(=O)C2CCCCC2)C2CCNC2)cc1. The minimum atomic E-state index is -0.946. The molecule has 0 spiro atoms. The second-order valence-corrected chi connectivity index (χ2v) is 10.4. The van der Waals surface area contributed by atoms with Gasteiger partial charge in [0.25, 0.3) is 0 Å². The fraction of sp³-hybridized carbons (Fsp3) is 0.375. The van der Waals surface area contributed by atoms with Gasteiger partial charge in [-0.3, -0.25) is 4.79 Å². The van der Waals surface area contributed by atoms with E-state index in [0.29, 0.717) is 13.2 Å². The summed E-state index contributed by atoms with van der Waals surface area (Å²) >= 11 is 0. The molecule has 2 fully saturated rings. The first-order valence-corrected chi connectivity index (χ1v) is 13.7. The van der Waals surface area contributed by atoms with Crippen LogP contribution in [-0.2, 0) is 4.79 Å². The molecule has 6 heteroatoms. The first-order chi connectivity index (χ1) is 18.6. The van der Waals surface area contributed by atoms with E-state index in [2.05, 4.69) is 28.4 Å². The van der Waals surface area contributed by atoms with Crippen molar-refractivity contribution in [3.8, 4) is 5.75 Å². The number of amides is 1. The van der Waals surface area contributed by atoms with E-state index < -0.39 is 5.97 Å². The molecular formula is C32H36N2O4. The van der Waals surface area contributed by atoms with Crippen molar-refractivity contribution in [2.24, 2.45) is 5.92 Å². The number of carbonyl (C=O) groups is 2.